The molecule has 0 aliphatic carbocycles. The van der Waals surface area contributed by atoms with Crippen LogP contribution in [0.25, 0.3) is 10.9 Å². The summed E-state index contributed by atoms with van der Waals surface area (Å²) in [6.07, 6.45) is -1.52. The zero-order valence-electron chi connectivity index (χ0n) is 30.7. The van der Waals surface area contributed by atoms with Gasteiger partial charge in [-0.15, -0.1) is 0 Å². The summed E-state index contributed by atoms with van der Waals surface area (Å²) in [5, 5.41) is 9.90. The number of pyridine rings is 2. The van der Waals surface area contributed by atoms with Gasteiger partial charge in [0.25, 0.3) is 5.91 Å². The minimum atomic E-state index is -4.48. The second kappa shape index (κ2) is 18.1. The number of alkyl halides is 4. The number of anilines is 2. The van der Waals surface area contributed by atoms with Crippen LogP contribution in [0.4, 0.5) is 28.9 Å². The van der Waals surface area contributed by atoms with Crippen molar-refractivity contribution >= 4 is 28.2 Å². The van der Waals surface area contributed by atoms with Crippen LogP contribution in [0.5, 0.6) is 5.75 Å². The fourth-order valence-electron chi connectivity index (χ4n) is 6.62. The number of carbonyl (C=O) groups is 1. The van der Waals surface area contributed by atoms with Gasteiger partial charge >= 0.3 is 6.18 Å². The summed E-state index contributed by atoms with van der Waals surface area (Å²) in [6.45, 7) is 1.99. The van der Waals surface area contributed by atoms with Gasteiger partial charge < -0.3 is 30.2 Å². The number of hydrogen-bond donors (Lipinski definition) is 3. The van der Waals surface area contributed by atoms with E-state index in [1.54, 1.807) is 54.9 Å². The Morgan fingerprint density at radius 2 is 1.73 bits per heavy atom. The molecule has 288 valence electrons. The van der Waals surface area contributed by atoms with Gasteiger partial charge in [-0.05, 0) is 80.1 Å². The van der Waals surface area contributed by atoms with E-state index in [0.717, 1.165) is 16.0 Å². The van der Waals surface area contributed by atoms with E-state index >= 15 is 0 Å². The molecule has 6 rings (SSSR count). The average Bonchev–Trinajstić information content (AvgIpc) is 3.51. The summed E-state index contributed by atoms with van der Waals surface area (Å²) in [7, 11) is 3.34. The van der Waals surface area contributed by atoms with Gasteiger partial charge in [0.1, 0.15) is 18.5 Å². The third kappa shape index (κ3) is 10.7. The van der Waals surface area contributed by atoms with Gasteiger partial charge in [-0.2, -0.15) is 13.2 Å². The van der Waals surface area contributed by atoms with Crippen LogP contribution in [-0.4, -0.2) is 95.5 Å². The van der Waals surface area contributed by atoms with Gasteiger partial charge in [-0.25, -0.2) is 4.39 Å². The molecule has 0 radical (unpaired) electrons. The number of nitrogens with one attached hydrogen (secondary N) is 3. The zero-order valence-corrected chi connectivity index (χ0v) is 30.7. The number of benzene rings is 2. The highest BCUT2D eigenvalue weighted by Gasteiger charge is 2.31. The monoisotopic (exact) mass is 756 g/mol. The lowest BCUT2D eigenvalue weighted by atomic mass is 10.0. The van der Waals surface area contributed by atoms with Crippen molar-refractivity contribution in [2.75, 3.05) is 57.5 Å². The molecule has 0 spiro atoms. The highest BCUT2D eigenvalue weighted by molar-refractivity contribution is 5.95. The molecule has 3 N–H and O–H groups in total. The molecule has 1 saturated heterocycles. The van der Waals surface area contributed by atoms with Crippen LogP contribution in [0.1, 0.15) is 33.9 Å². The Hall–Kier alpha value is -5.65. The van der Waals surface area contributed by atoms with Gasteiger partial charge in [0, 0.05) is 68.3 Å². The first kappa shape index (κ1) is 39.1. The number of likely N-dealkylation sites (tertiary alicyclic amines) is 1. The highest BCUT2D eigenvalue weighted by atomic mass is 19.4. The Labute approximate surface area is 317 Å². The minimum Gasteiger partial charge on any atom is -0.495 e. The molecule has 1 aliphatic rings. The van der Waals surface area contributed by atoms with E-state index < -0.39 is 24.9 Å². The molecule has 10 nitrogen and oxygen atoms in total. The first-order valence-electron chi connectivity index (χ1n) is 18.1. The normalized spacial score (nSPS) is 16.1. The van der Waals surface area contributed by atoms with Crippen molar-refractivity contribution in [2.45, 2.75) is 44.4 Å². The lowest BCUT2D eigenvalue weighted by Gasteiger charge is -2.33. The van der Waals surface area contributed by atoms with Gasteiger partial charge in [0.15, 0.2) is 0 Å². The molecule has 55 heavy (non-hydrogen) atoms. The number of methoxy groups -OCH3 is 1. The van der Waals surface area contributed by atoms with Crippen LogP contribution in [0, 0.1) is 11.8 Å². The second-order valence-corrected chi connectivity index (χ2v) is 13.5. The van der Waals surface area contributed by atoms with E-state index in [-0.39, 0.29) is 24.7 Å². The Bertz CT molecular complexity index is 2060. The molecule has 0 saturated carbocycles. The quantitative estimate of drug-likeness (QED) is 0.0892. The van der Waals surface area contributed by atoms with Crippen molar-refractivity contribution in [3.63, 3.8) is 0 Å². The van der Waals surface area contributed by atoms with Crippen molar-refractivity contribution in [3.05, 3.63) is 114 Å². The molecule has 5 aromatic rings. The lowest BCUT2D eigenvalue weighted by molar-refractivity contribution is -0.140. The number of amides is 1. The number of ether oxygens (including phenoxy) is 1. The van der Waals surface area contributed by atoms with Gasteiger partial charge in [0.2, 0.25) is 0 Å². The lowest BCUT2D eigenvalue weighted by Crippen LogP contribution is -2.46. The molecule has 2 atom stereocenters. The summed E-state index contributed by atoms with van der Waals surface area (Å²) in [6, 6.07) is 22.7. The predicted octanol–water partition coefficient (Wildman–Crippen LogP) is 6.35. The third-order valence-corrected chi connectivity index (χ3v) is 9.35. The SMILES string of the molecule is COc1cc(C(=O)NCCN(Cc2ccccn2)Cc2ccccn2)ccc1NCC#Cc1cc2c(N[C@H]3CCN(C)C[C@H]3F)cccc2n1CC(F)(F)F. The summed E-state index contributed by atoms with van der Waals surface area (Å²) >= 11 is 0. The van der Waals surface area contributed by atoms with Crippen LogP contribution >= 0.6 is 0 Å². The minimum absolute atomic E-state index is 0.0854. The Balaban J connectivity index is 1.10. The van der Waals surface area contributed by atoms with Crippen LogP contribution in [0.3, 0.4) is 0 Å². The Kier molecular flexibility index (Phi) is 12.9. The summed E-state index contributed by atoms with van der Waals surface area (Å²) in [4.78, 5) is 26.1. The maximum absolute atomic E-state index is 14.8. The number of fused-ring (bicyclic) bond motifs is 1. The van der Waals surface area contributed by atoms with E-state index in [9.17, 15) is 22.4 Å². The molecule has 3 aromatic heterocycles. The fourth-order valence-corrected chi connectivity index (χ4v) is 6.62. The van der Waals surface area contributed by atoms with Crippen molar-refractivity contribution < 1.29 is 27.1 Å². The number of rotatable bonds is 14. The first-order valence-corrected chi connectivity index (χ1v) is 18.1. The number of carbonyl (C=O) groups excluding carboxylic acids is 1. The maximum Gasteiger partial charge on any atom is 0.406 e. The standard InChI is InChI=1S/C41H44F4N8O2/c1-51-21-16-36(34(42)27-51)50-35-12-7-13-38-33(35)24-32(53(38)28-41(43,44)45)11-8-19-48-37-15-14-29(23-39(37)55-2)40(54)49-20-22-52(25-30-9-3-5-17-46-30)26-31-10-4-6-18-47-31/h3-7,9-10,12-15,17-18,23-24,34,36,48,50H,16,19-22,25-28H2,1-2H3,(H,49,54)/t34-,36+/m1/s1. The van der Waals surface area contributed by atoms with Crippen molar-refractivity contribution in [3.8, 4) is 17.6 Å². The third-order valence-electron chi connectivity index (χ3n) is 9.35. The molecule has 4 heterocycles. The number of hydrogen-bond acceptors (Lipinski definition) is 8. The van der Waals surface area contributed by atoms with Gasteiger partial charge in [-0.3, -0.25) is 19.7 Å². The van der Waals surface area contributed by atoms with E-state index in [1.165, 1.54) is 7.11 Å². The summed E-state index contributed by atoms with van der Waals surface area (Å²) in [5.74, 6) is 5.96. The predicted molar refractivity (Wildman–Crippen MR) is 206 cm³/mol. The summed E-state index contributed by atoms with van der Waals surface area (Å²) in [5.41, 5.74) is 3.88. The smallest absolute Gasteiger partial charge is 0.406 e. The van der Waals surface area contributed by atoms with E-state index in [0.29, 0.717) is 72.7 Å². The van der Waals surface area contributed by atoms with Crippen molar-refractivity contribution in [1.29, 1.82) is 0 Å². The number of aromatic nitrogens is 3. The highest BCUT2D eigenvalue weighted by Crippen LogP contribution is 2.32. The molecule has 0 unspecified atom stereocenters. The largest absolute Gasteiger partial charge is 0.495 e. The molecule has 1 aliphatic heterocycles. The number of piperidine rings is 1. The molecule has 0 bridgehead atoms. The van der Waals surface area contributed by atoms with Gasteiger partial charge in [0.05, 0.1) is 48.0 Å². The van der Waals surface area contributed by atoms with E-state index in [1.807, 2.05) is 48.3 Å². The Morgan fingerprint density at radius 3 is 2.38 bits per heavy atom. The molecule has 1 fully saturated rings. The van der Waals surface area contributed by atoms with Crippen molar-refractivity contribution in [2.24, 2.45) is 0 Å². The number of nitrogens with zero attached hydrogens (tertiary/aromatic N) is 5. The topological polar surface area (TPSA) is 99.6 Å². The zero-order chi connectivity index (χ0) is 38.8. The maximum atomic E-state index is 14.8. The Morgan fingerprint density at radius 1 is 0.982 bits per heavy atom. The fraction of sp³-hybridized carbons (Fsp3) is 0.341. The van der Waals surface area contributed by atoms with Crippen LogP contribution in [0.2, 0.25) is 0 Å². The molecular weight excluding hydrogens is 712 g/mol. The average molecular weight is 757 g/mol. The van der Waals surface area contributed by atoms with Crippen LogP contribution in [0.15, 0.2) is 91.3 Å². The van der Waals surface area contributed by atoms with Gasteiger partial charge in [-0.1, -0.05) is 24.1 Å². The van der Waals surface area contributed by atoms with Crippen molar-refractivity contribution in [1.82, 2.24) is 29.7 Å². The molecule has 14 heteroatoms. The van der Waals surface area contributed by atoms with E-state index in [2.05, 4.69) is 42.7 Å². The van der Waals surface area contributed by atoms with Crippen LogP contribution in [-0.2, 0) is 19.6 Å². The molecule has 2 aromatic carbocycles. The first-order chi connectivity index (χ1) is 26.6. The van der Waals surface area contributed by atoms with E-state index in [4.69, 9.17) is 4.74 Å². The molecular formula is C41H44F4N8O2. The van der Waals surface area contributed by atoms with Crippen LogP contribution < -0.4 is 20.7 Å². The molecule has 1 amide bonds. The summed E-state index contributed by atoms with van der Waals surface area (Å²) < 4.78 is 62.7. The number of halogens is 4. The second-order valence-electron chi connectivity index (χ2n) is 13.5.